The Morgan fingerprint density at radius 3 is 2.48 bits per heavy atom. The molecule has 0 aromatic heterocycles. The third-order valence-corrected chi connectivity index (χ3v) is 6.07. The van der Waals surface area contributed by atoms with Gasteiger partial charge in [-0.15, -0.1) is 0 Å². The molecule has 3 rings (SSSR count). The molecule has 1 amide bonds. The summed E-state index contributed by atoms with van der Waals surface area (Å²) in [7, 11) is -3.98. The maximum atomic E-state index is 14.1. The second-order valence-corrected chi connectivity index (χ2v) is 8.37. The Hall–Kier alpha value is -1.51. The molecule has 25 heavy (non-hydrogen) atoms. The molecule has 1 saturated carbocycles. The van der Waals surface area contributed by atoms with E-state index in [4.69, 9.17) is 5.14 Å². The Bertz CT molecular complexity index is 748. The molecule has 8 heteroatoms. The van der Waals surface area contributed by atoms with E-state index in [1.165, 1.54) is 25.7 Å². The lowest BCUT2D eigenvalue weighted by atomic mass is 10.2. The normalized spacial score (nSPS) is 20.6. The number of carbonyl (C=O) groups excluding carboxylic acids is 1. The van der Waals surface area contributed by atoms with Gasteiger partial charge in [-0.2, -0.15) is 0 Å². The van der Waals surface area contributed by atoms with Crippen molar-refractivity contribution < 1.29 is 17.6 Å². The van der Waals surface area contributed by atoms with Crippen LogP contribution in [0.2, 0.25) is 0 Å². The molecule has 6 nitrogen and oxygen atoms in total. The highest BCUT2D eigenvalue weighted by Gasteiger charge is 2.28. The molecular weight excluding hydrogens is 345 g/mol. The van der Waals surface area contributed by atoms with E-state index in [1.54, 1.807) is 4.90 Å². The Balaban J connectivity index is 1.74. The number of hydrogen-bond donors (Lipinski definition) is 1. The molecule has 1 heterocycles. The quantitative estimate of drug-likeness (QED) is 0.876. The molecule has 2 aliphatic rings. The van der Waals surface area contributed by atoms with Crippen molar-refractivity contribution in [2.45, 2.75) is 43.0 Å². The average Bonchev–Trinajstić information content (AvgIpc) is 2.98. The lowest BCUT2D eigenvalue weighted by Gasteiger charge is -2.27. The predicted octanol–water partition coefficient (Wildman–Crippen LogP) is 1.56. The van der Waals surface area contributed by atoms with Gasteiger partial charge in [0.15, 0.2) is 0 Å². The number of nitrogens with zero attached hydrogens (tertiary/aromatic N) is 2. The molecule has 0 unspecified atom stereocenters. The van der Waals surface area contributed by atoms with Gasteiger partial charge in [-0.25, -0.2) is 17.9 Å². The second kappa shape index (κ2) is 7.39. The fourth-order valence-electron chi connectivity index (χ4n) is 3.79. The van der Waals surface area contributed by atoms with E-state index < -0.39 is 21.7 Å². The Morgan fingerprint density at radius 2 is 1.80 bits per heavy atom. The van der Waals surface area contributed by atoms with Crippen LogP contribution in [-0.4, -0.2) is 56.3 Å². The van der Waals surface area contributed by atoms with Crippen molar-refractivity contribution in [3.63, 3.8) is 0 Å². The standard InChI is InChI=1S/C17H24FN3O3S/c18-16-7-6-14(25(19,23)24)12-15(16)17(22)21-9-3-8-20(10-11-21)13-4-1-2-5-13/h6-7,12-13H,1-5,8-11H2,(H2,19,23,24). The molecule has 1 saturated heterocycles. The highest BCUT2D eigenvalue weighted by atomic mass is 32.2. The van der Waals surface area contributed by atoms with E-state index >= 15 is 0 Å². The van der Waals surface area contributed by atoms with Crippen molar-refractivity contribution in [2.75, 3.05) is 26.2 Å². The smallest absolute Gasteiger partial charge is 0.256 e. The summed E-state index contributed by atoms with van der Waals surface area (Å²) < 4.78 is 37.0. The van der Waals surface area contributed by atoms with Crippen molar-refractivity contribution >= 4 is 15.9 Å². The second-order valence-electron chi connectivity index (χ2n) is 6.81. The zero-order valence-electron chi connectivity index (χ0n) is 14.2. The van der Waals surface area contributed by atoms with Gasteiger partial charge in [-0.1, -0.05) is 12.8 Å². The Morgan fingerprint density at radius 1 is 1.08 bits per heavy atom. The zero-order chi connectivity index (χ0) is 18.0. The zero-order valence-corrected chi connectivity index (χ0v) is 15.0. The third-order valence-electron chi connectivity index (χ3n) is 5.16. The summed E-state index contributed by atoms with van der Waals surface area (Å²) in [5.74, 6) is -1.20. The first-order valence-electron chi connectivity index (χ1n) is 8.72. The fourth-order valence-corrected chi connectivity index (χ4v) is 4.33. The highest BCUT2D eigenvalue weighted by molar-refractivity contribution is 7.89. The van der Waals surface area contributed by atoms with Crippen LogP contribution in [0.1, 0.15) is 42.5 Å². The minimum Gasteiger partial charge on any atom is -0.337 e. The predicted molar refractivity (Wildman–Crippen MR) is 92.1 cm³/mol. The number of hydrogen-bond acceptors (Lipinski definition) is 4. The molecule has 1 aliphatic heterocycles. The summed E-state index contributed by atoms with van der Waals surface area (Å²) in [5.41, 5.74) is -0.235. The van der Waals surface area contributed by atoms with Gasteiger partial charge >= 0.3 is 0 Å². The highest BCUT2D eigenvalue weighted by Crippen LogP contribution is 2.25. The summed E-state index contributed by atoms with van der Waals surface area (Å²) in [6.45, 7) is 2.77. The van der Waals surface area contributed by atoms with Gasteiger partial charge in [0, 0.05) is 32.2 Å². The van der Waals surface area contributed by atoms with Crippen LogP contribution in [0.15, 0.2) is 23.1 Å². The van der Waals surface area contributed by atoms with Crippen LogP contribution >= 0.6 is 0 Å². The number of halogens is 1. The molecular formula is C17H24FN3O3S. The Kier molecular flexibility index (Phi) is 5.41. The number of carbonyl (C=O) groups is 1. The molecule has 138 valence electrons. The first-order chi connectivity index (χ1) is 11.9. The van der Waals surface area contributed by atoms with E-state index in [2.05, 4.69) is 4.90 Å². The van der Waals surface area contributed by atoms with Gasteiger partial charge in [0.25, 0.3) is 5.91 Å². The van der Waals surface area contributed by atoms with Gasteiger partial charge in [-0.05, 0) is 37.5 Å². The first-order valence-corrected chi connectivity index (χ1v) is 10.3. The van der Waals surface area contributed by atoms with Gasteiger partial charge in [-0.3, -0.25) is 9.69 Å². The van der Waals surface area contributed by atoms with Crippen LogP contribution in [0.5, 0.6) is 0 Å². The van der Waals surface area contributed by atoms with Gasteiger partial charge in [0.1, 0.15) is 5.82 Å². The molecule has 2 N–H and O–H groups in total. The molecule has 1 aliphatic carbocycles. The summed E-state index contributed by atoms with van der Waals surface area (Å²) in [5, 5.41) is 5.09. The average molecular weight is 369 g/mol. The van der Waals surface area contributed by atoms with E-state index in [0.717, 1.165) is 37.7 Å². The van der Waals surface area contributed by atoms with Crippen LogP contribution in [-0.2, 0) is 10.0 Å². The van der Waals surface area contributed by atoms with E-state index in [9.17, 15) is 17.6 Å². The number of nitrogens with two attached hydrogens (primary N) is 1. The van der Waals surface area contributed by atoms with Crippen molar-refractivity contribution in [3.05, 3.63) is 29.6 Å². The monoisotopic (exact) mass is 369 g/mol. The lowest BCUT2D eigenvalue weighted by Crippen LogP contribution is -2.38. The van der Waals surface area contributed by atoms with Gasteiger partial charge in [0.2, 0.25) is 10.0 Å². The third kappa shape index (κ3) is 4.19. The first kappa shape index (κ1) is 18.3. The summed E-state index contributed by atoms with van der Waals surface area (Å²) in [6, 6.07) is 3.69. The van der Waals surface area contributed by atoms with Crippen molar-refractivity contribution in [1.82, 2.24) is 9.80 Å². The maximum absolute atomic E-state index is 14.1. The summed E-state index contributed by atoms with van der Waals surface area (Å²) in [4.78, 5) is 16.5. The molecule has 0 atom stereocenters. The minimum absolute atomic E-state index is 0.235. The molecule has 1 aromatic carbocycles. The van der Waals surface area contributed by atoms with Crippen molar-refractivity contribution in [3.8, 4) is 0 Å². The van der Waals surface area contributed by atoms with Crippen LogP contribution in [0.4, 0.5) is 4.39 Å². The van der Waals surface area contributed by atoms with Crippen LogP contribution in [0.25, 0.3) is 0 Å². The summed E-state index contributed by atoms with van der Waals surface area (Å²) in [6.07, 6.45) is 5.77. The molecule has 0 spiro atoms. The van der Waals surface area contributed by atoms with E-state index in [-0.39, 0.29) is 10.5 Å². The van der Waals surface area contributed by atoms with Gasteiger partial charge in [0.05, 0.1) is 10.5 Å². The lowest BCUT2D eigenvalue weighted by molar-refractivity contribution is 0.0753. The van der Waals surface area contributed by atoms with E-state index in [1.807, 2.05) is 0 Å². The molecule has 0 bridgehead atoms. The molecule has 1 aromatic rings. The topological polar surface area (TPSA) is 83.7 Å². The van der Waals surface area contributed by atoms with Gasteiger partial charge < -0.3 is 4.90 Å². The Labute approximate surface area is 147 Å². The van der Waals surface area contributed by atoms with Crippen molar-refractivity contribution in [2.24, 2.45) is 5.14 Å². The largest absolute Gasteiger partial charge is 0.337 e. The van der Waals surface area contributed by atoms with Crippen LogP contribution in [0.3, 0.4) is 0 Å². The van der Waals surface area contributed by atoms with E-state index in [0.29, 0.717) is 19.1 Å². The van der Waals surface area contributed by atoms with Crippen molar-refractivity contribution in [1.29, 1.82) is 0 Å². The molecule has 2 fully saturated rings. The molecule has 0 radical (unpaired) electrons. The number of benzene rings is 1. The van der Waals surface area contributed by atoms with Crippen LogP contribution < -0.4 is 5.14 Å². The minimum atomic E-state index is -3.98. The van der Waals surface area contributed by atoms with Crippen LogP contribution in [0, 0.1) is 5.82 Å². The number of rotatable bonds is 3. The summed E-state index contributed by atoms with van der Waals surface area (Å²) >= 11 is 0. The number of primary sulfonamides is 1. The maximum Gasteiger partial charge on any atom is 0.256 e. The number of sulfonamides is 1. The number of amides is 1. The fraction of sp³-hybridized carbons (Fsp3) is 0.588. The SMILES string of the molecule is NS(=O)(=O)c1ccc(F)c(C(=O)N2CCCN(C3CCCC3)CC2)c1.